The van der Waals surface area contributed by atoms with E-state index in [-0.39, 0.29) is 5.92 Å². The first-order chi connectivity index (χ1) is 6.20. The van der Waals surface area contributed by atoms with Crippen molar-refractivity contribution in [3.8, 4) is 11.8 Å². The Kier molecular flexibility index (Phi) is 6.35. The number of nitrogens with zero attached hydrogens (tertiary/aromatic N) is 1. The number of benzene rings is 1. The summed E-state index contributed by atoms with van der Waals surface area (Å²) in [7, 11) is 0. The summed E-state index contributed by atoms with van der Waals surface area (Å²) in [6, 6.07) is 10.8. The van der Waals surface area contributed by atoms with Gasteiger partial charge in [0.15, 0.2) is 0 Å². The summed E-state index contributed by atoms with van der Waals surface area (Å²) < 4.78 is 0. The lowest BCUT2D eigenvalue weighted by Gasteiger charge is -1.87. The first-order valence-corrected chi connectivity index (χ1v) is 4.34. The Morgan fingerprint density at radius 2 is 1.92 bits per heavy atom. The Hall–Kier alpha value is -1.49. The molecule has 2 heteroatoms. The van der Waals surface area contributed by atoms with Crippen molar-refractivity contribution < 1.29 is 5.11 Å². The minimum atomic E-state index is 0.241. The van der Waals surface area contributed by atoms with Gasteiger partial charge in [-0.1, -0.05) is 25.1 Å². The molecule has 0 spiro atoms. The van der Waals surface area contributed by atoms with Gasteiger partial charge < -0.3 is 5.11 Å². The third-order valence-electron chi connectivity index (χ3n) is 1.59. The molecule has 2 nitrogen and oxygen atoms in total. The molecule has 0 fully saturated rings. The number of hydrogen-bond donors (Lipinski definition) is 1. The second-order valence-corrected chi connectivity index (χ2v) is 2.77. The van der Waals surface area contributed by atoms with Gasteiger partial charge in [0.2, 0.25) is 0 Å². The van der Waals surface area contributed by atoms with Gasteiger partial charge >= 0.3 is 0 Å². The van der Waals surface area contributed by atoms with Crippen molar-refractivity contribution in [1.29, 1.82) is 5.26 Å². The molecule has 1 N–H and O–H groups in total. The molecule has 1 rings (SSSR count). The minimum Gasteiger partial charge on any atom is -0.508 e. The molecule has 0 amide bonds. The summed E-state index contributed by atoms with van der Waals surface area (Å²) in [6.45, 7) is 3.92. The van der Waals surface area contributed by atoms with E-state index < -0.39 is 0 Å². The molecule has 70 valence electrons. The minimum absolute atomic E-state index is 0.241. The van der Waals surface area contributed by atoms with Crippen molar-refractivity contribution >= 4 is 0 Å². The van der Waals surface area contributed by atoms with Crippen LogP contribution in [0.1, 0.15) is 20.3 Å². The molecule has 1 aromatic rings. The van der Waals surface area contributed by atoms with Gasteiger partial charge in [0.25, 0.3) is 0 Å². The van der Waals surface area contributed by atoms with Crippen molar-refractivity contribution in [2.24, 2.45) is 5.92 Å². The molecule has 0 bridgehead atoms. The summed E-state index contributed by atoms with van der Waals surface area (Å²) >= 11 is 0. The average molecular weight is 177 g/mol. The molecule has 1 unspecified atom stereocenters. The SMILES string of the molecule is CCC(C)C#N.Oc1ccccc1. The average Bonchev–Trinajstić information content (AvgIpc) is 2.19. The van der Waals surface area contributed by atoms with Crippen molar-refractivity contribution in [2.45, 2.75) is 20.3 Å². The van der Waals surface area contributed by atoms with E-state index in [9.17, 15) is 0 Å². The standard InChI is InChI=1S/C6H6O.C5H9N/c7-6-4-2-1-3-5-6;1-3-5(2)4-6/h1-5,7H;5H,3H2,1-2H3. The normalized spacial score (nSPS) is 10.5. The molecule has 13 heavy (non-hydrogen) atoms. The summed E-state index contributed by atoms with van der Waals surface area (Å²) in [5.74, 6) is 0.563. The van der Waals surface area contributed by atoms with E-state index in [0.717, 1.165) is 6.42 Å². The number of nitriles is 1. The molecular formula is C11H15NO. The van der Waals surface area contributed by atoms with Gasteiger partial charge in [-0.05, 0) is 25.5 Å². The maximum Gasteiger partial charge on any atom is 0.115 e. The van der Waals surface area contributed by atoms with Gasteiger partial charge in [0.1, 0.15) is 5.75 Å². The summed E-state index contributed by atoms with van der Waals surface area (Å²) in [6.07, 6.45) is 0.969. The molecule has 0 heterocycles. The lowest BCUT2D eigenvalue weighted by molar-refractivity contribution is 0.475. The number of hydrogen-bond acceptors (Lipinski definition) is 2. The monoisotopic (exact) mass is 177 g/mol. The molecule has 0 saturated heterocycles. The highest BCUT2D eigenvalue weighted by atomic mass is 16.3. The van der Waals surface area contributed by atoms with Crippen LogP contribution in [0.3, 0.4) is 0 Å². The molecule has 0 radical (unpaired) electrons. The van der Waals surface area contributed by atoms with E-state index in [1.165, 1.54) is 0 Å². The van der Waals surface area contributed by atoms with Crippen molar-refractivity contribution in [3.05, 3.63) is 30.3 Å². The van der Waals surface area contributed by atoms with Crippen molar-refractivity contribution in [2.75, 3.05) is 0 Å². The van der Waals surface area contributed by atoms with Crippen LogP contribution < -0.4 is 0 Å². The third kappa shape index (κ3) is 6.89. The molecule has 0 aliphatic carbocycles. The second-order valence-electron chi connectivity index (χ2n) is 2.77. The van der Waals surface area contributed by atoms with Crippen LogP contribution in [0.4, 0.5) is 0 Å². The third-order valence-corrected chi connectivity index (χ3v) is 1.59. The van der Waals surface area contributed by atoms with Crippen LogP contribution in [0.25, 0.3) is 0 Å². The van der Waals surface area contributed by atoms with E-state index in [1.807, 2.05) is 19.9 Å². The van der Waals surface area contributed by atoms with Crippen LogP contribution in [0.15, 0.2) is 30.3 Å². The van der Waals surface area contributed by atoms with Crippen molar-refractivity contribution in [1.82, 2.24) is 0 Å². The number of aromatic hydroxyl groups is 1. The quantitative estimate of drug-likeness (QED) is 0.716. The zero-order valence-electron chi connectivity index (χ0n) is 8.07. The van der Waals surface area contributed by atoms with Gasteiger partial charge in [-0.3, -0.25) is 0 Å². The highest BCUT2D eigenvalue weighted by Gasteiger charge is 1.88. The van der Waals surface area contributed by atoms with Crippen LogP contribution >= 0.6 is 0 Å². The summed E-state index contributed by atoms with van der Waals surface area (Å²) in [4.78, 5) is 0. The van der Waals surface area contributed by atoms with Crippen LogP contribution in [-0.4, -0.2) is 5.11 Å². The van der Waals surface area contributed by atoms with Gasteiger partial charge in [-0.15, -0.1) is 0 Å². The van der Waals surface area contributed by atoms with Crippen LogP contribution in [0.2, 0.25) is 0 Å². The lowest BCUT2D eigenvalue weighted by Crippen LogP contribution is -1.81. The van der Waals surface area contributed by atoms with Crippen LogP contribution in [0.5, 0.6) is 5.75 Å². The largest absolute Gasteiger partial charge is 0.508 e. The highest BCUT2D eigenvalue weighted by molar-refractivity contribution is 5.18. The zero-order chi connectivity index (χ0) is 10.1. The topological polar surface area (TPSA) is 44.0 Å². The molecule has 0 saturated carbocycles. The summed E-state index contributed by atoms with van der Waals surface area (Å²) in [5.41, 5.74) is 0. The maximum absolute atomic E-state index is 8.63. The fourth-order valence-electron chi connectivity index (χ4n) is 0.519. The lowest BCUT2D eigenvalue weighted by atomic mass is 10.2. The van der Waals surface area contributed by atoms with E-state index in [2.05, 4.69) is 6.07 Å². The molecule has 0 aliphatic heterocycles. The predicted molar refractivity (Wildman–Crippen MR) is 53.2 cm³/mol. The Morgan fingerprint density at radius 1 is 1.38 bits per heavy atom. The van der Waals surface area contributed by atoms with E-state index in [1.54, 1.807) is 24.3 Å². The first-order valence-electron chi connectivity index (χ1n) is 4.34. The van der Waals surface area contributed by atoms with Gasteiger partial charge in [-0.25, -0.2) is 0 Å². The highest BCUT2D eigenvalue weighted by Crippen LogP contribution is 2.02. The van der Waals surface area contributed by atoms with E-state index in [0.29, 0.717) is 5.75 Å². The van der Waals surface area contributed by atoms with Gasteiger partial charge in [-0.2, -0.15) is 5.26 Å². The van der Waals surface area contributed by atoms with Crippen LogP contribution in [0, 0.1) is 17.2 Å². The van der Waals surface area contributed by atoms with Gasteiger partial charge in [0.05, 0.1) is 6.07 Å². The Bertz CT molecular complexity index is 251. The summed E-state index contributed by atoms with van der Waals surface area (Å²) in [5, 5.41) is 16.7. The number of rotatable bonds is 1. The second kappa shape index (κ2) is 7.17. The number of phenols is 1. The smallest absolute Gasteiger partial charge is 0.115 e. The van der Waals surface area contributed by atoms with Crippen molar-refractivity contribution in [3.63, 3.8) is 0 Å². The fraction of sp³-hybridized carbons (Fsp3) is 0.364. The Morgan fingerprint density at radius 3 is 2.08 bits per heavy atom. The maximum atomic E-state index is 8.63. The first kappa shape index (κ1) is 11.5. The molecule has 0 aliphatic rings. The number of para-hydroxylation sites is 1. The molecule has 0 aromatic heterocycles. The van der Waals surface area contributed by atoms with Crippen LogP contribution in [-0.2, 0) is 0 Å². The fourth-order valence-corrected chi connectivity index (χ4v) is 0.519. The molecule has 1 aromatic carbocycles. The molecular weight excluding hydrogens is 162 g/mol. The Balaban J connectivity index is 0.000000226. The predicted octanol–water partition coefficient (Wildman–Crippen LogP) is 2.95. The molecule has 1 atom stereocenters. The Labute approximate surface area is 79.4 Å². The zero-order valence-corrected chi connectivity index (χ0v) is 8.07. The van der Waals surface area contributed by atoms with E-state index in [4.69, 9.17) is 10.4 Å². The van der Waals surface area contributed by atoms with Gasteiger partial charge in [0, 0.05) is 5.92 Å². The van der Waals surface area contributed by atoms with E-state index >= 15 is 0 Å². The number of phenolic OH excluding ortho intramolecular Hbond substituents is 1.